The first-order valence-electron chi connectivity index (χ1n) is 12.8. The van der Waals surface area contributed by atoms with Gasteiger partial charge in [-0.05, 0) is 60.4 Å². The molecule has 3 heterocycles. The third-order valence-corrected chi connectivity index (χ3v) is 9.22. The smallest absolute Gasteiger partial charge is 0.246 e. The lowest BCUT2D eigenvalue weighted by atomic mass is 10.1. The van der Waals surface area contributed by atoms with Gasteiger partial charge in [0.15, 0.2) is 5.65 Å². The SMILES string of the molecule is CN(C)S(=O)(=O)c1cc(C2CC2)cn2cc(CNc3cc(NC(=O)[C@H]4C[C@@H]4c4cccc(Cl)c4)ncn3)nc12. The number of benzene rings is 1. The van der Waals surface area contributed by atoms with Gasteiger partial charge >= 0.3 is 0 Å². The monoisotopic (exact) mass is 565 g/mol. The Labute approximate surface area is 231 Å². The molecule has 0 bridgehead atoms. The van der Waals surface area contributed by atoms with E-state index in [1.165, 1.54) is 24.7 Å². The zero-order valence-electron chi connectivity index (χ0n) is 21.5. The summed E-state index contributed by atoms with van der Waals surface area (Å²) in [6.45, 7) is 0.311. The van der Waals surface area contributed by atoms with Gasteiger partial charge in [0.25, 0.3) is 0 Å². The Kier molecular flexibility index (Phi) is 6.52. The Hall–Kier alpha value is -3.54. The molecule has 39 heavy (non-hydrogen) atoms. The Morgan fingerprint density at radius 3 is 2.64 bits per heavy atom. The molecule has 4 aromatic rings. The van der Waals surface area contributed by atoms with Crippen molar-refractivity contribution in [1.82, 2.24) is 23.7 Å². The number of rotatable bonds is 9. The van der Waals surface area contributed by atoms with Crippen LogP contribution in [0, 0.1) is 5.92 Å². The van der Waals surface area contributed by atoms with Crippen LogP contribution in [0.15, 0.2) is 60.0 Å². The van der Waals surface area contributed by atoms with Crippen LogP contribution in [-0.4, -0.2) is 52.1 Å². The molecular weight excluding hydrogens is 538 g/mol. The molecule has 2 fully saturated rings. The highest BCUT2D eigenvalue weighted by Gasteiger charge is 2.44. The quantitative estimate of drug-likeness (QED) is 0.311. The number of pyridine rings is 1. The molecule has 202 valence electrons. The maximum absolute atomic E-state index is 13.0. The summed E-state index contributed by atoms with van der Waals surface area (Å²) in [7, 11) is -0.624. The molecule has 10 nitrogen and oxygen atoms in total. The molecule has 1 aromatic carbocycles. The van der Waals surface area contributed by atoms with Crippen molar-refractivity contribution in [1.29, 1.82) is 0 Å². The van der Waals surface area contributed by atoms with Gasteiger partial charge in [-0.3, -0.25) is 4.79 Å². The fraction of sp³-hybridized carbons (Fsp3) is 0.333. The minimum Gasteiger partial charge on any atom is -0.364 e. The van der Waals surface area contributed by atoms with Crippen LogP contribution < -0.4 is 10.6 Å². The maximum Gasteiger partial charge on any atom is 0.246 e. The van der Waals surface area contributed by atoms with Crippen molar-refractivity contribution >= 4 is 44.8 Å². The van der Waals surface area contributed by atoms with Crippen LogP contribution in [0.3, 0.4) is 0 Å². The molecule has 3 aromatic heterocycles. The maximum atomic E-state index is 13.0. The molecule has 0 saturated heterocycles. The molecule has 6 rings (SSSR count). The summed E-state index contributed by atoms with van der Waals surface area (Å²) in [5, 5.41) is 6.74. The summed E-state index contributed by atoms with van der Waals surface area (Å²) in [5.74, 6) is 1.24. The number of sulfonamides is 1. The van der Waals surface area contributed by atoms with Gasteiger partial charge in [-0.15, -0.1) is 0 Å². The summed E-state index contributed by atoms with van der Waals surface area (Å²) in [5.41, 5.74) is 3.11. The molecule has 2 aliphatic rings. The summed E-state index contributed by atoms with van der Waals surface area (Å²) in [6, 6.07) is 11.0. The van der Waals surface area contributed by atoms with E-state index < -0.39 is 10.0 Å². The van der Waals surface area contributed by atoms with Gasteiger partial charge in [-0.1, -0.05) is 23.7 Å². The van der Waals surface area contributed by atoms with E-state index in [9.17, 15) is 13.2 Å². The standard InChI is InChI=1S/C27H28ClN7O3S/c1-34(2)39(37,38)23-9-18(16-6-7-16)13-35-14-20(32-26(23)35)12-29-24-11-25(31-15-30-24)33-27(36)22-10-21(22)17-4-3-5-19(28)8-17/h3-5,8-9,11,13-16,21-22H,6-7,10,12H2,1-2H3,(H2,29,30,31,33,36)/t21-,22+/m1/s1. The Bertz CT molecular complexity index is 1680. The third kappa shape index (κ3) is 5.34. The second kappa shape index (κ2) is 9.89. The number of hydrogen-bond donors (Lipinski definition) is 2. The van der Waals surface area contributed by atoms with E-state index in [0.717, 1.165) is 30.4 Å². The lowest BCUT2D eigenvalue weighted by molar-refractivity contribution is -0.117. The number of fused-ring (bicyclic) bond motifs is 1. The van der Waals surface area contributed by atoms with Crippen LogP contribution in [0.25, 0.3) is 5.65 Å². The number of aromatic nitrogens is 4. The highest BCUT2D eigenvalue weighted by Crippen LogP contribution is 2.48. The normalized spacial score (nSPS) is 18.9. The molecule has 0 radical (unpaired) electrons. The number of halogens is 1. The molecule has 2 saturated carbocycles. The average molecular weight is 566 g/mol. The lowest BCUT2D eigenvalue weighted by Crippen LogP contribution is -2.23. The minimum atomic E-state index is -3.67. The average Bonchev–Trinajstić information content (AvgIpc) is 3.83. The van der Waals surface area contributed by atoms with Crippen molar-refractivity contribution in [3.05, 3.63) is 77.0 Å². The molecule has 0 spiro atoms. The van der Waals surface area contributed by atoms with Crippen molar-refractivity contribution in [3.63, 3.8) is 0 Å². The van der Waals surface area contributed by atoms with Gasteiger partial charge in [0, 0.05) is 43.5 Å². The summed E-state index contributed by atoms with van der Waals surface area (Å²) >= 11 is 6.09. The van der Waals surface area contributed by atoms with Gasteiger partial charge in [0.05, 0.1) is 12.2 Å². The first kappa shape index (κ1) is 25.7. The van der Waals surface area contributed by atoms with E-state index in [1.54, 1.807) is 16.5 Å². The highest BCUT2D eigenvalue weighted by molar-refractivity contribution is 7.89. The van der Waals surface area contributed by atoms with E-state index in [1.807, 2.05) is 36.7 Å². The zero-order valence-corrected chi connectivity index (χ0v) is 23.1. The second-order valence-corrected chi connectivity index (χ2v) is 12.9. The van der Waals surface area contributed by atoms with Gasteiger partial charge in [0.1, 0.15) is 22.9 Å². The summed E-state index contributed by atoms with van der Waals surface area (Å²) in [6.07, 6.45) is 8.06. The molecule has 0 unspecified atom stereocenters. The second-order valence-electron chi connectivity index (χ2n) is 10.3. The first-order chi connectivity index (χ1) is 18.7. The Morgan fingerprint density at radius 2 is 1.90 bits per heavy atom. The number of imidazole rings is 1. The van der Waals surface area contributed by atoms with E-state index >= 15 is 0 Å². The van der Waals surface area contributed by atoms with Crippen molar-refractivity contribution in [2.24, 2.45) is 5.92 Å². The number of carbonyl (C=O) groups excluding carboxylic acids is 1. The number of nitrogens with zero attached hydrogens (tertiary/aromatic N) is 5. The Morgan fingerprint density at radius 1 is 1.10 bits per heavy atom. The number of anilines is 2. The van der Waals surface area contributed by atoms with Crippen LogP contribution in [0.4, 0.5) is 11.6 Å². The van der Waals surface area contributed by atoms with Crippen molar-refractivity contribution in [2.45, 2.75) is 42.5 Å². The molecule has 1 amide bonds. The van der Waals surface area contributed by atoms with Crippen LogP contribution in [0.2, 0.25) is 5.02 Å². The Balaban J connectivity index is 1.15. The summed E-state index contributed by atoms with van der Waals surface area (Å²) in [4.78, 5) is 26.0. The van der Waals surface area contributed by atoms with Crippen LogP contribution >= 0.6 is 11.6 Å². The minimum absolute atomic E-state index is 0.0916. The van der Waals surface area contributed by atoms with E-state index in [-0.39, 0.29) is 22.6 Å². The largest absolute Gasteiger partial charge is 0.364 e. The van der Waals surface area contributed by atoms with Gasteiger partial charge in [-0.2, -0.15) is 0 Å². The molecule has 0 aliphatic heterocycles. The summed E-state index contributed by atoms with van der Waals surface area (Å²) < 4.78 is 29.0. The van der Waals surface area contributed by atoms with Crippen molar-refractivity contribution in [2.75, 3.05) is 24.7 Å². The van der Waals surface area contributed by atoms with E-state index in [2.05, 4.69) is 25.6 Å². The van der Waals surface area contributed by atoms with Gasteiger partial charge in [-0.25, -0.2) is 27.7 Å². The van der Waals surface area contributed by atoms with E-state index in [0.29, 0.717) is 40.5 Å². The predicted octanol–water partition coefficient (Wildman–Crippen LogP) is 4.26. The van der Waals surface area contributed by atoms with Crippen LogP contribution in [0.1, 0.15) is 47.9 Å². The fourth-order valence-electron chi connectivity index (χ4n) is 4.76. The molecule has 2 aliphatic carbocycles. The predicted molar refractivity (Wildman–Crippen MR) is 148 cm³/mol. The van der Waals surface area contributed by atoms with Gasteiger partial charge < -0.3 is 15.0 Å². The van der Waals surface area contributed by atoms with Crippen LogP contribution in [-0.2, 0) is 21.4 Å². The lowest BCUT2D eigenvalue weighted by Gasteiger charge is -2.13. The fourth-order valence-corrected chi connectivity index (χ4v) is 6.02. The highest BCUT2D eigenvalue weighted by atomic mass is 35.5. The number of carbonyl (C=O) groups is 1. The molecule has 12 heteroatoms. The van der Waals surface area contributed by atoms with Crippen molar-refractivity contribution < 1.29 is 13.2 Å². The molecule has 2 atom stereocenters. The molecule has 2 N–H and O–H groups in total. The number of hydrogen-bond acceptors (Lipinski definition) is 7. The molecular formula is C27H28ClN7O3S. The zero-order chi connectivity index (χ0) is 27.3. The van der Waals surface area contributed by atoms with Gasteiger partial charge in [0.2, 0.25) is 15.9 Å². The first-order valence-corrected chi connectivity index (χ1v) is 14.6. The van der Waals surface area contributed by atoms with Crippen LogP contribution in [0.5, 0.6) is 0 Å². The van der Waals surface area contributed by atoms with E-state index in [4.69, 9.17) is 11.6 Å². The third-order valence-electron chi connectivity index (χ3n) is 7.17. The van der Waals surface area contributed by atoms with Crippen molar-refractivity contribution in [3.8, 4) is 0 Å². The number of nitrogens with one attached hydrogen (secondary N) is 2. The number of amides is 1. The topological polar surface area (TPSA) is 122 Å².